The number of rotatable bonds is 3. The fourth-order valence-electron chi connectivity index (χ4n) is 2.91. The number of carbonyl (C=O) groups excluding carboxylic acids is 1. The molecule has 1 aromatic heterocycles. The number of aryl methyl sites for hydroxylation is 1. The van der Waals surface area contributed by atoms with Crippen LogP contribution < -0.4 is 0 Å². The fraction of sp³-hybridized carbons (Fsp3) is 0.267. The van der Waals surface area contributed by atoms with Crippen LogP contribution in [0.4, 0.5) is 0 Å². The summed E-state index contributed by atoms with van der Waals surface area (Å²) in [4.78, 5) is 26.0. The number of benzene rings is 1. The minimum atomic E-state index is -0.998. The van der Waals surface area contributed by atoms with E-state index < -0.39 is 5.97 Å². The number of imidazole rings is 1. The Kier molecular flexibility index (Phi) is 2.89. The SMILES string of the molecule is Cc1ccc2c(c1CC=O)CCc1c(C(=O)O)ncn1-2. The van der Waals surface area contributed by atoms with Gasteiger partial charge in [0.15, 0.2) is 5.69 Å². The van der Waals surface area contributed by atoms with Crippen molar-refractivity contribution in [1.29, 1.82) is 0 Å². The van der Waals surface area contributed by atoms with Gasteiger partial charge in [0.05, 0.1) is 11.4 Å². The van der Waals surface area contributed by atoms with E-state index in [4.69, 9.17) is 5.11 Å². The van der Waals surface area contributed by atoms with Crippen molar-refractivity contribution < 1.29 is 14.7 Å². The molecular formula is C15H14N2O3. The molecule has 0 saturated heterocycles. The number of carboxylic acid groups (broad SMARTS) is 1. The summed E-state index contributed by atoms with van der Waals surface area (Å²) < 4.78 is 1.83. The number of aldehydes is 1. The smallest absolute Gasteiger partial charge is 0.356 e. The van der Waals surface area contributed by atoms with Gasteiger partial charge in [-0.1, -0.05) is 6.07 Å². The van der Waals surface area contributed by atoms with Crippen LogP contribution in [0.15, 0.2) is 18.5 Å². The van der Waals surface area contributed by atoms with E-state index in [1.165, 1.54) is 0 Å². The molecule has 0 aliphatic carbocycles. The molecule has 0 atom stereocenters. The Morgan fingerprint density at radius 1 is 1.45 bits per heavy atom. The van der Waals surface area contributed by atoms with Gasteiger partial charge in [0, 0.05) is 6.42 Å². The first kappa shape index (κ1) is 12.6. The average molecular weight is 270 g/mol. The molecule has 0 radical (unpaired) electrons. The largest absolute Gasteiger partial charge is 0.476 e. The standard InChI is InChI=1S/C15H14N2O3/c1-9-2-4-12-11(10(9)6-7-18)3-5-13-14(15(19)20)16-8-17(12)13/h2,4,7-8H,3,5-6H2,1H3,(H,19,20). The maximum absolute atomic E-state index is 11.1. The highest BCUT2D eigenvalue weighted by Gasteiger charge is 2.25. The van der Waals surface area contributed by atoms with Crippen LogP contribution in [0, 0.1) is 6.92 Å². The van der Waals surface area contributed by atoms with Crippen molar-refractivity contribution in [2.75, 3.05) is 0 Å². The highest BCUT2D eigenvalue weighted by molar-refractivity contribution is 5.87. The number of hydrogen-bond donors (Lipinski definition) is 1. The van der Waals surface area contributed by atoms with Gasteiger partial charge >= 0.3 is 5.97 Å². The van der Waals surface area contributed by atoms with Gasteiger partial charge in [-0.2, -0.15) is 0 Å². The molecule has 0 fully saturated rings. The van der Waals surface area contributed by atoms with E-state index in [0.29, 0.717) is 12.8 Å². The summed E-state index contributed by atoms with van der Waals surface area (Å²) in [5, 5.41) is 9.14. The summed E-state index contributed by atoms with van der Waals surface area (Å²) in [5.41, 5.74) is 5.05. The molecule has 102 valence electrons. The molecule has 0 amide bonds. The van der Waals surface area contributed by atoms with Crippen LogP contribution in [-0.4, -0.2) is 26.9 Å². The zero-order chi connectivity index (χ0) is 14.3. The van der Waals surface area contributed by atoms with Gasteiger partial charge in [0.2, 0.25) is 0 Å². The minimum Gasteiger partial charge on any atom is -0.476 e. The Balaban J connectivity index is 2.21. The molecule has 5 heteroatoms. The van der Waals surface area contributed by atoms with Crippen LogP contribution in [0.25, 0.3) is 5.69 Å². The van der Waals surface area contributed by atoms with Crippen LogP contribution in [-0.2, 0) is 24.1 Å². The number of carboxylic acids is 1. The van der Waals surface area contributed by atoms with E-state index in [0.717, 1.165) is 40.8 Å². The van der Waals surface area contributed by atoms with E-state index in [9.17, 15) is 9.59 Å². The van der Waals surface area contributed by atoms with Crippen molar-refractivity contribution >= 4 is 12.3 Å². The monoisotopic (exact) mass is 270 g/mol. The summed E-state index contributed by atoms with van der Waals surface area (Å²) in [6.07, 6.45) is 4.23. The van der Waals surface area contributed by atoms with Crippen LogP contribution >= 0.6 is 0 Å². The number of aromatic carboxylic acids is 1. The number of aromatic nitrogens is 2. The third kappa shape index (κ3) is 1.74. The maximum Gasteiger partial charge on any atom is 0.356 e. The second kappa shape index (κ2) is 4.59. The van der Waals surface area contributed by atoms with Crippen molar-refractivity contribution in [3.8, 4) is 5.69 Å². The summed E-state index contributed by atoms with van der Waals surface area (Å²) in [5.74, 6) is -0.998. The van der Waals surface area contributed by atoms with Crippen LogP contribution in [0.3, 0.4) is 0 Å². The van der Waals surface area contributed by atoms with E-state index >= 15 is 0 Å². The normalized spacial score (nSPS) is 12.7. The van der Waals surface area contributed by atoms with Gasteiger partial charge in [-0.15, -0.1) is 0 Å². The topological polar surface area (TPSA) is 72.2 Å². The molecule has 0 saturated carbocycles. The molecule has 1 N–H and O–H groups in total. The summed E-state index contributed by atoms with van der Waals surface area (Å²) in [6.45, 7) is 1.99. The van der Waals surface area contributed by atoms with Crippen LogP contribution in [0.2, 0.25) is 0 Å². The predicted molar refractivity (Wildman–Crippen MR) is 72.4 cm³/mol. The molecule has 20 heavy (non-hydrogen) atoms. The minimum absolute atomic E-state index is 0.119. The molecule has 2 heterocycles. The number of carbonyl (C=O) groups is 2. The van der Waals surface area contributed by atoms with Gasteiger partial charge < -0.3 is 14.5 Å². The summed E-state index contributed by atoms with van der Waals surface area (Å²) in [6, 6.07) is 3.93. The number of fused-ring (bicyclic) bond motifs is 3. The lowest BCUT2D eigenvalue weighted by Gasteiger charge is -2.23. The third-order valence-electron chi connectivity index (χ3n) is 3.87. The van der Waals surface area contributed by atoms with Crippen LogP contribution in [0.5, 0.6) is 0 Å². The van der Waals surface area contributed by atoms with Gasteiger partial charge in [-0.25, -0.2) is 9.78 Å². The lowest BCUT2D eigenvalue weighted by atomic mass is 9.91. The molecule has 1 aliphatic heterocycles. The Labute approximate surface area is 115 Å². The van der Waals surface area contributed by atoms with Crippen molar-refractivity contribution in [3.63, 3.8) is 0 Å². The maximum atomic E-state index is 11.1. The molecule has 0 spiro atoms. The van der Waals surface area contributed by atoms with E-state index in [1.54, 1.807) is 6.33 Å². The van der Waals surface area contributed by atoms with E-state index in [1.807, 2.05) is 23.6 Å². The van der Waals surface area contributed by atoms with E-state index in [2.05, 4.69) is 4.98 Å². The molecule has 1 aliphatic rings. The first-order valence-corrected chi connectivity index (χ1v) is 6.48. The number of nitrogens with zero attached hydrogens (tertiary/aromatic N) is 2. The molecule has 5 nitrogen and oxygen atoms in total. The number of hydrogen-bond acceptors (Lipinski definition) is 3. The summed E-state index contributed by atoms with van der Waals surface area (Å²) >= 11 is 0. The zero-order valence-corrected chi connectivity index (χ0v) is 11.1. The Bertz CT molecular complexity index is 716. The molecule has 3 rings (SSSR count). The van der Waals surface area contributed by atoms with Crippen molar-refractivity contribution in [1.82, 2.24) is 9.55 Å². The van der Waals surface area contributed by atoms with Crippen molar-refractivity contribution in [3.05, 3.63) is 46.5 Å². The fourth-order valence-corrected chi connectivity index (χ4v) is 2.91. The molecule has 1 aromatic carbocycles. The first-order chi connectivity index (χ1) is 9.63. The first-order valence-electron chi connectivity index (χ1n) is 6.48. The Morgan fingerprint density at radius 3 is 2.95 bits per heavy atom. The third-order valence-corrected chi connectivity index (χ3v) is 3.87. The van der Waals surface area contributed by atoms with Gasteiger partial charge in [-0.05, 0) is 42.5 Å². The molecular weight excluding hydrogens is 256 g/mol. The summed E-state index contributed by atoms with van der Waals surface area (Å²) in [7, 11) is 0. The van der Waals surface area contributed by atoms with E-state index in [-0.39, 0.29) is 5.69 Å². The molecule has 2 aromatic rings. The quantitative estimate of drug-likeness (QED) is 0.862. The average Bonchev–Trinajstić information content (AvgIpc) is 2.86. The molecule has 0 unspecified atom stereocenters. The van der Waals surface area contributed by atoms with Crippen LogP contribution in [0.1, 0.15) is 32.9 Å². The zero-order valence-electron chi connectivity index (χ0n) is 11.1. The molecule has 0 bridgehead atoms. The second-order valence-corrected chi connectivity index (χ2v) is 4.94. The van der Waals surface area contributed by atoms with Gasteiger partial charge in [-0.3, -0.25) is 0 Å². The second-order valence-electron chi connectivity index (χ2n) is 4.94. The predicted octanol–water partition coefficient (Wildman–Crippen LogP) is 1.72. The van der Waals surface area contributed by atoms with Gasteiger partial charge in [0.25, 0.3) is 0 Å². The van der Waals surface area contributed by atoms with Crippen molar-refractivity contribution in [2.24, 2.45) is 0 Å². The Morgan fingerprint density at radius 2 is 2.25 bits per heavy atom. The van der Waals surface area contributed by atoms with Gasteiger partial charge in [0.1, 0.15) is 12.6 Å². The highest BCUT2D eigenvalue weighted by Crippen LogP contribution is 2.30. The lowest BCUT2D eigenvalue weighted by Crippen LogP contribution is -2.16. The Hall–Kier alpha value is -2.43. The highest BCUT2D eigenvalue weighted by atomic mass is 16.4. The lowest BCUT2D eigenvalue weighted by molar-refractivity contribution is -0.107. The van der Waals surface area contributed by atoms with Crippen molar-refractivity contribution in [2.45, 2.75) is 26.2 Å².